The first-order valence-corrected chi connectivity index (χ1v) is 8.33. The van der Waals surface area contributed by atoms with Crippen LogP contribution in [0.25, 0.3) is 6.08 Å². The van der Waals surface area contributed by atoms with Gasteiger partial charge in [-0.3, -0.25) is 10.1 Å². The molecule has 2 aromatic carbocycles. The molecular weight excluding hydrogens is 366 g/mol. The molecule has 0 unspecified atom stereocenters. The van der Waals surface area contributed by atoms with Gasteiger partial charge in [0.15, 0.2) is 23.0 Å². The highest BCUT2D eigenvalue weighted by atomic mass is 16.6. The third-order valence-corrected chi connectivity index (χ3v) is 4.12. The molecule has 0 atom stereocenters. The molecule has 2 aromatic rings. The zero-order valence-corrected chi connectivity index (χ0v) is 16.5. The zero-order valence-electron chi connectivity index (χ0n) is 16.5. The molecule has 150 valence electrons. The second-order valence-electron chi connectivity index (χ2n) is 5.68. The molecule has 28 heavy (non-hydrogen) atoms. The number of hydrogen-bond donors (Lipinski definition) is 0. The van der Waals surface area contributed by atoms with Gasteiger partial charge in [0.05, 0.1) is 46.9 Å². The van der Waals surface area contributed by atoms with Crippen LogP contribution >= 0.6 is 0 Å². The lowest BCUT2D eigenvalue weighted by atomic mass is 10.1. The smallest absolute Gasteiger partial charge is 0.251 e. The number of allylic oxidation sites excluding steroid dienone is 1. The lowest BCUT2D eigenvalue weighted by molar-refractivity contribution is -0.425. The summed E-state index contributed by atoms with van der Waals surface area (Å²) < 4.78 is 26.4. The Balaban J connectivity index is 2.47. The van der Waals surface area contributed by atoms with Crippen LogP contribution in [0.3, 0.4) is 0 Å². The maximum absolute atomic E-state index is 11.6. The fraction of sp³-hybridized carbons (Fsp3) is 0.300. The number of nitro groups is 1. The molecular formula is C20H23NO7. The number of hydrogen-bond acceptors (Lipinski definition) is 7. The maximum atomic E-state index is 11.6. The first-order chi connectivity index (χ1) is 13.5. The Morgan fingerprint density at radius 2 is 1.46 bits per heavy atom. The number of benzene rings is 2. The normalized spacial score (nSPS) is 11.0. The van der Waals surface area contributed by atoms with Gasteiger partial charge in [-0.2, -0.15) is 0 Å². The molecule has 0 heterocycles. The Labute approximate surface area is 163 Å². The molecule has 8 nitrogen and oxygen atoms in total. The summed E-state index contributed by atoms with van der Waals surface area (Å²) in [6.07, 6.45) is 1.54. The summed E-state index contributed by atoms with van der Waals surface area (Å²) in [5, 5.41) is 11.6. The summed E-state index contributed by atoms with van der Waals surface area (Å²) in [7, 11) is 7.50. The average Bonchev–Trinajstić information content (AvgIpc) is 2.72. The van der Waals surface area contributed by atoms with Gasteiger partial charge in [-0.05, 0) is 29.8 Å². The van der Waals surface area contributed by atoms with Gasteiger partial charge in [-0.1, -0.05) is 6.07 Å². The largest absolute Gasteiger partial charge is 0.493 e. The van der Waals surface area contributed by atoms with Gasteiger partial charge in [0.1, 0.15) is 0 Å². The van der Waals surface area contributed by atoms with E-state index in [0.717, 1.165) is 0 Å². The summed E-state index contributed by atoms with van der Waals surface area (Å²) in [5.74, 6) is 2.26. The number of methoxy groups -OCH3 is 5. The Kier molecular flexibility index (Phi) is 7.08. The first kappa shape index (κ1) is 20.9. The highest BCUT2D eigenvalue weighted by Gasteiger charge is 2.19. The van der Waals surface area contributed by atoms with Crippen molar-refractivity contribution < 1.29 is 28.6 Å². The number of ether oxygens (including phenoxy) is 5. The van der Waals surface area contributed by atoms with Gasteiger partial charge in [0, 0.05) is 11.6 Å². The van der Waals surface area contributed by atoms with E-state index >= 15 is 0 Å². The average molecular weight is 389 g/mol. The van der Waals surface area contributed by atoms with E-state index in [-0.39, 0.29) is 12.1 Å². The Hall–Kier alpha value is -3.42. The van der Waals surface area contributed by atoms with Crippen LogP contribution in [-0.2, 0) is 6.42 Å². The van der Waals surface area contributed by atoms with E-state index in [1.807, 2.05) is 0 Å². The van der Waals surface area contributed by atoms with Crippen molar-refractivity contribution in [2.45, 2.75) is 6.42 Å². The molecule has 0 aliphatic rings. The summed E-state index contributed by atoms with van der Waals surface area (Å²) >= 11 is 0. The fourth-order valence-electron chi connectivity index (χ4n) is 2.79. The Morgan fingerprint density at radius 1 is 0.857 bits per heavy atom. The number of rotatable bonds is 9. The maximum Gasteiger partial charge on any atom is 0.251 e. The minimum Gasteiger partial charge on any atom is -0.493 e. The minimum atomic E-state index is -0.424. The molecule has 0 aliphatic carbocycles. The van der Waals surface area contributed by atoms with Crippen LogP contribution in [0.5, 0.6) is 28.7 Å². The van der Waals surface area contributed by atoms with E-state index in [1.54, 1.807) is 30.3 Å². The van der Waals surface area contributed by atoms with E-state index in [9.17, 15) is 10.1 Å². The predicted molar refractivity (Wildman–Crippen MR) is 104 cm³/mol. The topological polar surface area (TPSA) is 89.3 Å². The Morgan fingerprint density at radius 3 is 2.00 bits per heavy atom. The van der Waals surface area contributed by atoms with Crippen LogP contribution in [0, 0.1) is 10.1 Å². The fourth-order valence-corrected chi connectivity index (χ4v) is 2.79. The van der Waals surface area contributed by atoms with Gasteiger partial charge in [-0.15, -0.1) is 0 Å². The highest BCUT2D eigenvalue weighted by Crippen LogP contribution is 2.40. The van der Waals surface area contributed by atoms with Crippen molar-refractivity contribution in [3.05, 3.63) is 57.3 Å². The van der Waals surface area contributed by atoms with Gasteiger partial charge in [0.25, 0.3) is 5.70 Å². The van der Waals surface area contributed by atoms with E-state index in [1.165, 1.54) is 41.6 Å². The SMILES string of the molecule is COc1ccc(C/C(=C\c2ccc(OC)c(OC)c2OC)[N+](=O)[O-])cc1OC. The molecule has 0 spiro atoms. The van der Waals surface area contributed by atoms with Gasteiger partial charge in [-0.25, -0.2) is 0 Å². The highest BCUT2D eigenvalue weighted by molar-refractivity contribution is 5.67. The van der Waals surface area contributed by atoms with Crippen molar-refractivity contribution in [3.63, 3.8) is 0 Å². The first-order valence-electron chi connectivity index (χ1n) is 8.33. The van der Waals surface area contributed by atoms with E-state index in [4.69, 9.17) is 23.7 Å². The van der Waals surface area contributed by atoms with Crippen molar-refractivity contribution in [2.24, 2.45) is 0 Å². The molecule has 0 aromatic heterocycles. The molecule has 0 aliphatic heterocycles. The summed E-state index contributed by atoms with van der Waals surface area (Å²) in [5.41, 5.74) is 1.20. The van der Waals surface area contributed by atoms with Gasteiger partial charge >= 0.3 is 0 Å². The minimum absolute atomic E-state index is 0.0160. The Bertz CT molecular complexity index is 877. The van der Waals surface area contributed by atoms with Crippen LogP contribution in [-0.4, -0.2) is 40.5 Å². The molecule has 0 saturated carbocycles. The summed E-state index contributed by atoms with van der Waals surface area (Å²) in [4.78, 5) is 11.2. The van der Waals surface area contributed by atoms with Crippen LogP contribution in [0.4, 0.5) is 0 Å². The molecule has 0 saturated heterocycles. The van der Waals surface area contributed by atoms with Gasteiger partial charge < -0.3 is 23.7 Å². The van der Waals surface area contributed by atoms with Gasteiger partial charge in [0.2, 0.25) is 5.75 Å². The van der Waals surface area contributed by atoms with Crippen LogP contribution in [0.15, 0.2) is 36.0 Å². The van der Waals surface area contributed by atoms with Crippen LogP contribution in [0.1, 0.15) is 11.1 Å². The summed E-state index contributed by atoms with van der Waals surface area (Å²) in [6.45, 7) is 0. The van der Waals surface area contributed by atoms with Crippen molar-refractivity contribution in [1.29, 1.82) is 0 Å². The van der Waals surface area contributed by atoms with Crippen molar-refractivity contribution in [3.8, 4) is 28.7 Å². The van der Waals surface area contributed by atoms with E-state index < -0.39 is 4.92 Å². The van der Waals surface area contributed by atoms with Crippen LogP contribution in [0.2, 0.25) is 0 Å². The molecule has 0 N–H and O–H groups in total. The van der Waals surface area contributed by atoms with E-state index in [0.29, 0.717) is 39.9 Å². The summed E-state index contributed by atoms with van der Waals surface area (Å²) in [6, 6.07) is 8.52. The number of nitrogens with zero attached hydrogens (tertiary/aromatic N) is 1. The zero-order chi connectivity index (χ0) is 20.7. The van der Waals surface area contributed by atoms with Crippen molar-refractivity contribution in [1.82, 2.24) is 0 Å². The molecule has 0 bridgehead atoms. The second kappa shape index (κ2) is 9.50. The lowest BCUT2D eigenvalue weighted by Gasteiger charge is -2.14. The molecule has 0 radical (unpaired) electrons. The van der Waals surface area contributed by atoms with E-state index in [2.05, 4.69) is 0 Å². The molecule has 0 fully saturated rings. The van der Waals surface area contributed by atoms with Crippen LogP contribution < -0.4 is 23.7 Å². The predicted octanol–water partition coefficient (Wildman–Crippen LogP) is 3.59. The van der Waals surface area contributed by atoms with Crippen molar-refractivity contribution >= 4 is 6.08 Å². The second-order valence-corrected chi connectivity index (χ2v) is 5.68. The molecule has 2 rings (SSSR count). The third kappa shape index (κ3) is 4.46. The quantitative estimate of drug-likeness (QED) is 0.478. The van der Waals surface area contributed by atoms with Crippen molar-refractivity contribution in [2.75, 3.05) is 35.5 Å². The third-order valence-electron chi connectivity index (χ3n) is 4.12. The molecule has 0 amide bonds. The molecule has 8 heteroatoms. The monoisotopic (exact) mass is 389 g/mol. The lowest BCUT2D eigenvalue weighted by Crippen LogP contribution is -2.04. The standard InChI is InChI=1S/C20H23NO7/c1-24-16-8-6-13(11-18(16)26-3)10-15(21(22)23)12-14-7-9-17(25-2)20(28-5)19(14)27-4/h6-9,11-12H,10H2,1-5H3/b15-12+.